The average molecular weight is 381 g/mol. The number of amides is 2. The van der Waals surface area contributed by atoms with E-state index in [0.29, 0.717) is 24.0 Å². The summed E-state index contributed by atoms with van der Waals surface area (Å²) in [6, 6.07) is 1.24. The van der Waals surface area contributed by atoms with Gasteiger partial charge in [0.15, 0.2) is 0 Å². The lowest BCUT2D eigenvalue weighted by molar-refractivity contribution is 0.178. The third-order valence-corrected chi connectivity index (χ3v) is 6.66. The van der Waals surface area contributed by atoms with Gasteiger partial charge in [0, 0.05) is 18.1 Å². The van der Waals surface area contributed by atoms with Gasteiger partial charge in [0.05, 0.1) is 6.17 Å². The van der Waals surface area contributed by atoms with Crippen molar-refractivity contribution >= 4 is 6.03 Å². The lowest BCUT2D eigenvalue weighted by Gasteiger charge is -2.38. The molecule has 7 heteroatoms. The van der Waals surface area contributed by atoms with E-state index in [2.05, 4.69) is 52.7 Å². The van der Waals surface area contributed by atoms with Crippen LogP contribution in [0.2, 0.25) is 0 Å². The van der Waals surface area contributed by atoms with Crippen LogP contribution in [0.5, 0.6) is 0 Å². The number of hydrogen-bond donors (Lipinski definition) is 6. The Morgan fingerprint density at radius 1 is 1.00 bits per heavy atom. The maximum atomic E-state index is 12.4. The Kier molecular flexibility index (Phi) is 7.75. The van der Waals surface area contributed by atoms with Gasteiger partial charge >= 0.3 is 6.03 Å². The predicted octanol–water partition coefficient (Wildman–Crippen LogP) is 1.42. The summed E-state index contributed by atoms with van der Waals surface area (Å²) in [6.07, 6.45) is 8.15. The van der Waals surface area contributed by atoms with Crippen LogP contribution in [-0.2, 0) is 0 Å². The molecule has 2 heterocycles. The van der Waals surface area contributed by atoms with Crippen LogP contribution in [0.3, 0.4) is 0 Å². The van der Waals surface area contributed by atoms with E-state index in [1.54, 1.807) is 0 Å². The third-order valence-electron chi connectivity index (χ3n) is 6.66. The van der Waals surface area contributed by atoms with Gasteiger partial charge in [-0.2, -0.15) is 0 Å². The summed E-state index contributed by atoms with van der Waals surface area (Å²) in [5.41, 5.74) is 0. The van der Waals surface area contributed by atoms with Crippen molar-refractivity contribution in [2.24, 2.45) is 11.8 Å². The predicted molar refractivity (Wildman–Crippen MR) is 109 cm³/mol. The number of urea groups is 1. The minimum absolute atomic E-state index is 0.0743. The van der Waals surface area contributed by atoms with Gasteiger partial charge < -0.3 is 21.3 Å². The summed E-state index contributed by atoms with van der Waals surface area (Å²) in [5, 5.41) is 20.3. The van der Waals surface area contributed by atoms with Crippen LogP contribution in [0.15, 0.2) is 0 Å². The van der Waals surface area contributed by atoms with Crippen molar-refractivity contribution in [3.05, 3.63) is 0 Å². The molecule has 1 saturated carbocycles. The first-order valence-electron chi connectivity index (χ1n) is 11.1. The van der Waals surface area contributed by atoms with Gasteiger partial charge in [0.1, 0.15) is 6.29 Å². The molecule has 1 aliphatic carbocycles. The lowest BCUT2D eigenvalue weighted by Crippen LogP contribution is -2.68. The Morgan fingerprint density at radius 2 is 1.85 bits per heavy atom. The smallest absolute Gasteiger partial charge is 0.317 e. The van der Waals surface area contributed by atoms with Crippen LogP contribution < -0.4 is 31.9 Å². The van der Waals surface area contributed by atoms with Gasteiger partial charge in [0.25, 0.3) is 0 Å². The molecule has 0 aromatic carbocycles. The quantitative estimate of drug-likeness (QED) is 0.420. The molecule has 0 aromatic rings. The number of carbonyl (C=O) groups is 1. The van der Waals surface area contributed by atoms with Crippen molar-refractivity contribution in [1.29, 1.82) is 0 Å². The number of carbonyl (C=O) groups excluding carboxylic acids is 1. The van der Waals surface area contributed by atoms with Crippen molar-refractivity contribution < 1.29 is 4.79 Å². The van der Waals surface area contributed by atoms with E-state index in [1.165, 1.54) is 19.3 Å². The second kappa shape index (κ2) is 10.0. The first kappa shape index (κ1) is 20.8. The molecule has 156 valence electrons. The molecule has 2 saturated heterocycles. The highest BCUT2D eigenvalue weighted by atomic mass is 16.2. The fraction of sp³-hybridized carbons (Fsp3) is 0.950. The van der Waals surface area contributed by atoms with Crippen LogP contribution >= 0.6 is 0 Å². The summed E-state index contributed by atoms with van der Waals surface area (Å²) >= 11 is 0. The molecular formula is C20H40N6O. The van der Waals surface area contributed by atoms with Crippen LogP contribution in [0.4, 0.5) is 4.79 Å². The molecule has 0 aromatic heterocycles. The largest absolute Gasteiger partial charge is 0.335 e. The molecule has 3 aliphatic rings. The number of nitrogens with one attached hydrogen (secondary N) is 6. The number of rotatable bonds is 6. The highest BCUT2D eigenvalue weighted by Gasteiger charge is 2.28. The topological polar surface area (TPSA) is 89.2 Å². The van der Waals surface area contributed by atoms with Crippen LogP contribution in [0.25, 0.3) is 0 Å². The maximum absolute atomic E-state index is 12.4. The fourth-order valence-electron chi connectivity index (χ4n) is 4.72. The molecule has 7 nitrogen and oxygen atoms in total. The molecule has 0 radical (unpaired) electrons. The van der Waals surface area contributed by atoms with Crippen LogP contribution in [0, 0.1) is 11.8 Å². The van der Waals surface area contributed by atoms with Gasteiger partial charge in [-0.15, -0.1) is 0 Å². The SMILES string of the molecule is CC1CC(NCCC2CCCN2)NC(NC(=O)NC2CCC(C)C(C)C2)N1. The van der Waals surface area contributed by atoms with Crippen molar-refractivity contribution in [3.8, 4) is 0 Å². The Hall–Kier alpha value is -0.890. The van der Waals surface area contributed by atoms with Crippen LogP contribution in [-0.4, -0.2) is 49.7 Å². The van der Waals surface area contributed by atoms with Gasteiger partial charge in [-0.3, -0.25) is 10.6 Å². The summed E-state index contributed by atoms with van der Waals surface area (Å²) in [6.45, 7) is 8.94. The summed E-state index contributed by atoms with van der Waals surface area (Å²) in [5.74, 6) is 1.44. The molecule has 0 bridgehead atoms. The highest BCUT2D eigenvalue weighted by molar-refractivity contribution is 5.74. The average Bonchev–Trinajstić information content (AvgIpc) is 3.11. The second-order valence-corrected chi connectivity index (χ2v) is 9.07. The molecule has 0 spiro atoms. The summed E-state index contributed by atoms with van der Waals surface area (Å²) in [4.78, 5) is 12.4. The zero-order valence-corrected chi connectivity index (χ0v) is 17.3. The third kappa shape index (κ3) is 6.59. The van der Waals surface area contributed by atoms with E-state index in [4.69, 9.17) is 0 Å². The molecular weight excluding hydrogens is 340 g/mol. The number of hydrogen-bond acceptors (Lipinski definition) is 5. The maximum Gasteiger partial charge on any atom is 0.317 e. The molecule has 2 aliphatic heterocycles. The first-order valence-corrected chi connectivity index (χ1v) is 11.1. The minimum atomic E-state index is -0.198. The minimum Gasteiger partial charge on any atom is -0.335 e. The van der Waals surface area contributed by atoms with Crippen molar-refractivity contribution in [2.75, 3.05) is 13.1 Å². The van der Waals surface area contributed by atoms with E-state index < -0.39 is 0 Å². The van der Waals surface area contributed by atoms with Gasteiger partial charge in [-0.25, -0.2) is 4.79 Å². The Morgan fingerprint density at radius 3 is 2.59 bits per heavy atom. The molecule has 6 N–H and O–H groups in total. The van der Waals surface area contributed by atoms with Crippen molar-refractivity contribution in [3.63, 3.8) is 0 Å². The summed E-state index contributed by atoms with van der Waals surface area (Å²) < 4.78 is 0. The van der Waals surface area contributed by atoms with Gasteiger partial charge in [-0.1, -0.05) is 13.8 Å². The Bertz CT molecular complexity index is 469. The molecule has 27 heavy (non-hydrogen) atoms. The monoisotopic (exact) mass is 380 g/mol. The van der Waals surface area contributed by atoms with Crippen molar-refractivity contribution in [1.82, 2.24) is 31.9 Å². The highest BCUT2D eigenvalue weighted by Crippen LogP contribution is 2.29. The van der Waals surface area contributed by atoms with Gasteiger partial charge in [-0.05, 0) is 76.8 Å². The molecule has 7 unspecified atom stereocenters. The van der Waals surface area contributed by atoms with Crippen LogP contribution in [0.1, 0.15) is 65.7 Å². The zero-order valence-electron chi connectivity index (χ0n) is 17.3. The summed E-state index contributed by atoms with van der Waals surface area (Å²) in [7, 11) is 0. The Labute approximate surface area is 164 Å². The van der Waals surface area contributed by atoms with E-state index in [1.807, 2.05) is 0 Å². The Balaban J connectivity index is 1.37. The molecule has 3 rings (SSSR count). The molecule has 3 fully saturated rings. The second-order valence-electron chi connectivity index (χ2n) is 9.07. The first-order chi connectivity index (χ1) is 13.0. The normalized spacial score (nSPS) is 39.9. The molecule has 2 amide bonds. The van der Waals surface area contributed by atoms with E-state index in [0.717, 1.165) is 44.7 Å². The molecule has 7 atom stereocenters. The standard InChI is InChI=1S/C20H40N6O/c1-13-6-7-17(11-14(13)2)24-20(27)26-19-23-15(3)12-18(25-19)22-10-8-16-5-4-9-21-16/h13-19,21-23,25H,4-12H2,1-3H3,(H2,24,26,27). The fourth-order valence-corrected chi connectivity index (χ4v) is 4.72. The van der Waals surface area contributed by atoms with Crippen molar-refractivity contribution in [2.45, 2.75) is 96.3 Å². The zero-order chi connectivity index (χ0) is 19.2. The lowest BCUT2D eigenvalue weighted by atomic mass is 9.79. The van der Waals surface area contributed by atoms with E-state index in [-0.39, 0.29) is 18.5 Å². The van der Waals surface area contributed by atoms with Gasteiger partial charge in [0.2, 0.25) is 0 Å². The van der Waals surface area contributed by atoms with E-state index >= 15 is 0 Å². The van der Waals surface area contributed by atoms with E-state index in [9.17, 15) is 4.79 Å².